The summed E-state index contributed by atoms with van der Waals surface area (Å²) in [5.74, 6) is 0.465. The van der Waals surface area contributed by atoms with E-state index in [9.17, 15) is 4.89 Å². The normalized spacial score (nSPS) is 25.4. The topological polar surface area (TPSA) is 63.6 Å². The van der Waals surface area contributed by atoms with E-state index in [0.29, 0.717) is 11.4 Å². The second-order valence-corrected chi connectivity index (χ2v) is 4.59. The molecule has 0 saturated heterocycles. The summed E-state index contributed by atoms with van der Waals surface area (Å²) in [6, 6.07) is 3.50. The van der Waals surface area contributed by atoms with Gasteiger partial charge in [-0.25, -0.2) is 0 Å². The Morgan fingerprint density at radius 1 is 1.57 bits per heavy atom. The van der Waals surface area contributed by atoms with Gasteiger partial charge in [0.05, 0.1) is 7.11 Å². The summed E-state index contributed by atoms with van der Waals surface area (Å²) in [4.78, 5) is 15.7. The maximum atomic E-state index is 11.6. The van der Waals surface area contributed by atoms with E-state index in [1.807, 2.05) is 6.92 Å². The molecule has 1 aromatic heterocycles. The van der Waals surface area contributed by atoms with E-state index >= 15 is 0 Å². The zero-order valence-corrected chi connectivity index (χ0v) is 8.78. The van der Waals surface area contributed by atoms with Gasteiger partial charge >= 0.3 is 8.17 Å². The number of nitrogens with zero attached hydrogens (tertiary/aromatic N) is 1. The third-order valence-electron chi connectivity index (χ3n) is 1.86. The van der Waals surface area contributed by atoms with E-state index < -0.39 is 8.17 Å². The van der Waals surface area contributed by atoms with Crippen molar-refractivity contribution in [3.05, 3.63) is 23.5 Å². The molecule has 76 valence electrons. The van der Waals surface area contributed by atoms with Crippen LogP contribution in [0.4, 0.5) is 0 Å². The highest BCUT2D eigenvalue weighted by atomic mass is 31.2. The van der Waals surface area contributed by atoms with Crippen molar-refractivity contribution in [1.29, 1.82) is 0 Å². The number of aromatic nitrogens is 1. The third-order valence-corrected chi connectivity index (χ3v) is 3.18. The summed E-state index contributed by atoms with van der Waals surface area (Å²) >= 11 is 0. The van der Waals surface area contributed by atoms with E-state index in [1.165, 1.54) is 7.11 Å². The fourth-order valence-electron chi connectivity index (χ4n) is 1.16. The van der Waals surface area contributed by atoms with Crippen molar-refractivity contribution in [2.24, 2.45) is 0 Å². The Bertz CT molecular complexity index is 359. The number of rotatable bonds is 1. The SMILES string of the molecule is CO[P+]1([O-])OCc2nc(C)ccc2O1. The molecule has 0 N–H and O–H groups in total. The van der Waals surface area contributed by atoms with E-state index in [1.54, 1.807) is 12.1 Å². The van der Waals surface area contributed by atoms with Crippen LogP contribution < -0.4 is 9.42 Å². The van der Waals surface area contributed by atoms with Crippen LogP contribution in [0, 0.1) is 6.92 Å². The molecule has 0 aliphatic carbocycles. The van der Waals surface area contributed by atoms with Crippen LogP contribution in [0.3, 0.4) is 0 Å². The van der Waals surface area contributed by atoms with Crippen LogP contribution in [-0.2, 0) is 15.7 Å². The number of phosphoric ester groups is 1. The molecule has 1 unspecified atom stereocenters. The highest BCUT2D eigenvalue weighted by Gasteiger charge is 2.38. The molecule has 0 saturated carbocycles. The first kappa shape index (κ1) is 9.80. The molecule has 1 atom stereocenters. The molecule has 0 radical (unpaired) electrons. The van der Waals surface area contributed by atoms with Gasteiger partial charge in [0.1, 0.15) is 12.3 Å². The molecular formula is C8H10NO4P. The summed E-state index contributed by atoms with van der Waals surface area (Å²) in [5.41, 5.74) is 1.51. The van der Waals surface area contributed by atoms with Gasteiger partial charge in [-0.3, -0.25) is 9.51 Å². The minimum absolute atomic E-state index is 0.155. The predicted octanol–water partition coefficient (Wildman–Crippen LogP) is 0.983. The van der Waals surface area contributed by atoms with Crippen LogP contribution in [0.2, 0.25) is 0 Å². The van der Waals surface area contributed by atoms with Crippen LogP contribution in [0.25, 0.3) is 0 Å². The molecule has 2 rings (SSSR count). The summed E-state index contributed by atoms with van der Waals surface area (Å²) in [6.45, 7) is 2.02. The van der Waals surface area contributed by atoms with Crippen molar-refractivity contribution in [3.63, 3.8) is 0 Å². The summed E-state index contributed by atoms with van der Waals surface area (Å²) < 4.78 is 14.7. The van der Waals surface area contributed by atoms with Crippen molar-refractivity contribution >= 4 is 8.17 Å². The second-order valence-electron chi connectivity index (χ2n) is 2.89. The number of aryl methyl sites for hydroxylation is 1. The number of pyridine rings is 1. The van der Waals surface area contributed by atoms with E-state index in [-0.39, 0.29) is 6.61 Å². The molecular weight excluding hydrogens is 205 g/mol. The first-order chi connectivity index (χ1) is 6.63. The quantitative estimate of drug-likeness (QED) is 0.653. The first-order valence-electron chi connectivity index (χ1n) is 4.09. The van der Waals surface area contributed by atoms with Crippen LogP contribution in [0.15, 0.2) is 12.1 Å². The average Bonchev–Trinajstić information content (AvgIpc) is 2.19. The smallest absolute Gasteiger partial charge is 0.429 e. The van der Waals surface area contributed by atoms with Gasteiger partial charge in [0.15, 0.2) is 0 Å². The van der Waals surface area contributed by atoms with E-state index in [0.717, 1.165) is 5.69 Å². The van der Waals surface area contributed by atoms with Crippen molar-refractivity contribution in [2.45, 2.75) is 13.5 Å². The summed E-state index contributed by atoms with van der Waals surface area (Å²) in [7, 11) is -2.10. The van der Waals surface area contributed by atoms with Crippen LogP contribution in [0.5, 0.6) is 5.75 Å². The molecule has 0 aromatic carbocycles. The monoisotopic (exact) mass is 215 g/mol. The lowest BCUT2D eigenvalue weighted by Crippen LogP contribution is -2.24. The predicted molar refractivity (Wildman–Crippen MR) is 48.3 cm³/mol. The lowest BCUT2D eigenvalue weighted by Gasteiger charge is -2.27. The lowest BCUT2D eigenvalue weighted by molar-refractivity contribution is -0.240. The van der Waals surface area contributed by atoms with Crippen molar-refractivity contribution in [3.8, 4) is 5.75 Å². The van der Waals surface area contributed by atoms with Gasteiger partial charge in [-0.1, -0.05) is 0 Å². The Labute approximate surface area is 82.3 Å². The van der Waals surface area contributed by atoms with Crippen LogP contribution in [-0.4, -0.2) is 12.1 Å². The van der Waals surface area contributed by atoms with Gasteiger partial charge in [-0.2, -0.15) is 9.05 Å². The fourth-order valence-corrected chi connectivity index (χ4v) is 2.08. The Balaban J connectivity index is 2.31. The second kappa shape index (κ2) is 3.44. The highest BCUT2D eigenvalue weighted by molar-refractivity contribution is 7.54. The van der Waals surface area contributed by atoms with Gasteiger partial charge in [0.25, 0.3) is 0 Å². The minimum atomic E-state index is -3.38. The molecule has 2 heterocycles. The van der Waals surface area contributed by atoms with Crippen molar-refractivity contribution < 1.29 is 18.5 Å². The van der Waals surface area contributed by atoms with E-state index in [2.05, 4.69) is 9.51 Å². The Hall–Kier alpha value is -0.740. The molecule has 5 nitrogen and oxygen atoms in total. The molecule has 0 bridgehead atoms. The molecule has 14 heavy (non-hydrogen) atoms. The number of hydrogen-bond donors (Lipinski definition) is 0. The Morgan fingerprint density at radius 3 is 3.07 bits per heavy atom. The largest absolute Gasteiger partial charge is 0.598 e. The Kier molecular flexibility index (Phi) is 2.41. The van der Waals surface area contributed by atoms with Gasteiger partial charge in [0, 0.05) is 5.69 Å². The van der Waals surface area contributed by atoms with Gasteiger partial charge in [-0.05, 0) is 19.1 Å². The highest BCUT2D eigenvalue weighted by Crippen LogP contribution is 2.56. The Morgan fingerprint density at radius 2 is 2.36 bits per heavy atom. The number of hydrogen-bond acceptors (Lipinski definition) is 5. The first-order valence-corrected chi connectivity index (χ1v) is 5.55. The number of fused-ring (bicyclic) bond motifs is 1. The zero-order chi connectivity index (χ0) is 10.2. The van der Waals surface area contributed by atoms with Gasteiger partial charge in [-0.15, -0.1) is 0 Å². The van der Waals surface area contributed by atoms with Crippen LogP contribution >= 0.6 is 8.17 Å². The molecule has 6 heteroatoms. The van der Waals surface area contributed by atoms with Crippen molar-refractivity contribution in [2.75, 3.05) is 7.11 Å². The fraction of sp³-hybridized carbons (Fsp3) is 0.375. The maximum Gasteiger partial charge on any atom is 0.429 e. The third kappa shape index (κ3) is 1.72. The summed E-state index contributed by atoms with van der Waals surface area (Å²) in [6.07, 6.45) is 0. The summed E-state index contributed by atoms with van der Waals surface area (Å²) in [5, 5.41) is 0. The van der Waals surface area contributed by atoms with Crippen molar-refractivity contribution in [1.82, 2.24) is 4.98 Å². The maximum absolute atomic E-state index is 11.6. The molecule has 0 fully saturated rings. The molecule has 1 aliphatic rings. The number of phosphoric acid groups is 1. The molecule has 1 aliphatic heterocycles. The van der Waals surface area contributed by atoms with Crippen LogP contribution in [0.1, 0.15) is 11.4 Å². The average molecular weight is 215 g/mol. The zero-order valence-electron chi connectivity index (χ0n) is 7.89. The van der Waals surface area contributed by atoms with E-state index in [4.69, 9.17) is 9.05 Å². The molecule has 0 amide bonds. The molecule has 1 aromatic rings. The molecule has 0 spiro atoms. The van der Waals surface area contributed by atoms with Gasteiger partial charge in [0.2, 0.25) is 5.75 Å². The van der Waals surface area contributed by atoms with Gasteiger partial charge < -0.3 is 4.89 Å². The lowest BCUT2D eigenvalue weighted by atomic mass is 10.3. The minimum Gasteiger partial charge on any atom is -0.598 e. The standard InChI is InChI=1S/C8H10NO4P/c1-6-3-4-8-7(9-6)5-12-14(10,11-2)13-8/h3-4H,5H2,1-2H3.